The van der Waals surface area contributed by atoms with E-state index in [0.717, 1.165) is 20.3 Å². The molecule has 1 fully saturated rings. The number of hydrogen-bond donors (Lipinski definition) is 1. The molecule has 0 saturated heterocycles. The van der Waals surface area contributed by atoms with Gasteiger partial charge in [-0.1, -0.05) is 37.6 Å². The fraction of sp³-hybridized carbons (Fsp3) is 0.500. The van der Waals surface area contributed by atoms with E-state index in [1.165, 1.54) is 36.4 Å². The van der Waals surface area contributed by atoms with Crippen molar-refractivity contribution in [3.8, 4) is 5.75 Å². The molecule has 0 heterocycles. The molecule has 1 unspecified atom stereocenters. The van der Waals surface area contributed by atoms with E-state index in [1.807, 2.05) is 0 Å². The Morgan fingerprint density at radius 3 is 2.24 bits per heavy atom. The second-order valence-electron chi connectivity index (χ2n) is 11.6. The molecule has 0 spiro atoms. The summed E-state index contributed by atoms with van der Waals surface area (Å²) in [5.41, 5.74) is -1.40. The van der Waals surface area contributed by atoms with Crippen LogP contribution in [0.2, 0.25) is 5.02 Å². The Morgan fingerprint density at radius 2 is 1.66 bits per heavy atom. The van der Waals surface area contributed by atoms with Crippen molar-refractivity contribution in [1.29, 1.82) is 0 Å². The Labute approximate surface area is 240 Å². The van der Waals surface area contributed by atoms with E-state index in [2.05, 4.69) is 19.2 Å². The summed E-state index contributed by atoms with van der Waals surface area (Å²) in [6.45, 7) is 5.32. The maximum absolute atomic E-state index is 13.2. The Hall–Kier alpha value is -3.01. The summed E-state index contributed by atoms with van der Waals surface area (Å²) in [5, 5.41) is 2.92. The van der Waals surface area contributed by atoms with E-state index in [9.17, 15) is 36.3 Å². The minimum Gasteiger partial charge on any atom is -0.487 e. The summed E-state index contributed by atoms with van der Waals surface area (Å²) in [6.07, 6.45) is -7.08. The number of ketones is 2. The largest absolute Gasteiger partial charge is 0.487 e. The lowest BCUT2D eigenvalue weighted by molar-refractivity contribution is -0.210. The fourth-order valence-electron chi connectivity index (χ4n) is 4.33. The Kier molecular flexibility index (Phi) is 9.88. The van der Waals surface area contributed by atoms with Crippen molar-refractivity contribution in [2.24, 2.45) is 16.7 Å². The van der Waals surface area contributed by atoms with Crippen LogP contribution in [-0.2, 0) is 17.6 Å². The highest BCUT2D eigenvalue weighted by Gasteiger charge is 2.52. The van der Waals surface area contributed by atoms with E-state index in [-0.39, 0.29) is 46.6 Å². The van der Waals surface area contributed by atoms with E-state index in [0.29, 0.717) is 23.6 Å². The number of benzene rings is 2. The van der Waals surface area contributed by atoms with Crippen molar-refractivity contribution in [3.63, 3.8) is 0 Å². The zero-order chi connectivity index (χ0) is 30.8. The number of rotatable bonds is 13. The highest BCUT2D eigenvalue weighted by molar-refractivity contribution is 6.34. The van der Waals surface area contributed by atoms with Gasteiger partial charge in [-0.05, 0) is 73.4 Å². The van der Waals surface area contributed by atoms with Crippen LogP contribution in [0.3, 0.4) is 0 Å². The fourth-order valence-corrected chi connectivity index (χ4v) is 4.55. The quantitative estimate of drug-likeness (QED) is 0.194. The van der Waals surface area contributed by atoms with Crippen molar-refractivity contribution >= 4 is 29.1 Å². The second-order valence-corrected chi connectivity index (χ2v) is 12.0. The molecule has 3 rings (SSSR count). The standard InChI is InChI=1S/C30H33ClF5NO4/c1-28(2)14-19(28)15-37-27(40)21-12-18(6-9-24(21)41-16-26(32)33)13-23(38)20-11-17(5-8-22(20)31)7-10-25(39)29(3,4)30(34,35)36/h5-6,8-9,11-12,19,26H,7,10,13-16H2,1-4H3,(H,37,40). The maximum atomic E-state index is 13.2. The highest BCUT2D eigenvalue weighted by Crippen LogP contribution is 2.51. The summed E-state index contributed by atoms with van der Waals surface area (Å²) >= 11 is 6.24. The smallest absolute Gasteiger partial charge is 0.400 e. The molecule has 0 aromatic heterocycles. The van der Waals surface area contributed by atoms with Crippen LogP contribution in [0.1, 0.15) is 72.4 Å². The van der Waals surface area contributed by atoms with Crippen LogP contribution < -0.4 is 10.1 Å². The zero-order valence-electron chi connectivity index (χ0n) is 23.3. The number of carbonyl (C=O) groups excluding carboxylic acids is 3. The third-order valence-corrected chi connectivity index (χ3v) is 7.95. The van der Waals surface area contributed by atoms with Crippen LogP contribution >= 0.6 is 11.6 Å². The van der Waals surface area contributed by atoms with Crippen molar-refractivity contribution in [2.45, 2.75) is 66.0 Å². The first-order valence-electron chi connectivity index (χ1n) is 13.2. The topological polar surface area (TPSA) is 72.5 Å². The molecule has 1 saturated carbocycles. The molecular weight excluding hydrogens is 569 g/mol. The molecule has 0 radical (unpaired) electrons. The molecule has 5 nitrogen and oxygen atoms in total. The Bertz CT molecular complexity index is 1310. The molecule has 1 N–H and O–H groups in total. The van der Waals surface area contributed by atoms with Crippen molar-refractivity contribution in [1.82, 2.24) is 5.32 Å². The van der Waals surface area contributed by atoms with Gasteiger partial charge in [0.15, 0.2) is 5.78 Å². The van der Waals surface area contributed by atoms with Gasteiger partial charge in [0.2, 0.25) is 0 Å². The number of hydrogen-bond acceptors (Lipinski definition) is 4. The molecule has 11 heteroatoms. The highest BCUT2D eigenvalue weighted by atomic mass is 35.5. The normalized spacial score (nSPS) is 16.4. The predicted octanol–water partition coefficient (Wildman–Crippen LogP) is 7.28. The zero-order valence-corrected chi connectivity index (χ0v) is 24.0. The SMILES string of the molecule is CC1(C)CC1CNC(=O)c1cc(CC(=O)c2cc(CCC(=O)C(C)(C)C(F)(F)F)ccc2Cl)ccc1OCC(F)F. The summed E-state index contributed by atoms with van der Waals surface area (Å²) < 4.78 is 70.2. The predicted molar refractivity (Wildman–Crippen MR) is 145 cm³/mol. The van der Waals surface area contributed by atoms with Gasteiger partial charge >= 0.3 is 6.18 Å². The van der Waals surface area contributed by atoms with Crippen LogP contribution in [0.15, 0.2) is 36.4 Å². The molecule has 1 aliphatic carbocycles. The third-order valence-electron chi connectivity index (χ3n) is 7.62. The van der Waals surface area contributed by atoms with Crippen LogP contribution in [0.5, 0.6) is 5.75 Å². The summed E-state index contributed by atoms with van der Waals surface area (Å²) in [5.74, 6) is -1.67. The molecule has 41 heavy (non-hydrogen) atoms. The van der Waals surface area contributed by atoms with Crippen LogP contribution in [0.4, 0.5) is 22.0 Å². The van der Waals surface area contributed by atoms with Crippen LogP contribution in [-0.4, -0.2) is 43.2 Å². The van der Waals surface area contributed by atoms with E-state index in [1.54, 1.807) is 0 Å². The lowest BCUT2D eigenvalue weighted by atomic mass is 9.84. The van der Waals surface area contributed by atoms with Crippen molar-refractivity contribution in [3.05, 3.63) is 63.7 Å². The molecule has 1 atom stereocenters. The van der Waals surface area contributed by atoms with Gasteiger partial charge in [-0.3, -0.25) is 14.4 Å². The van der Waals surface area contributed by atoms with Gasteiger partial charge in [0.25, 0.3) is 12.3 Å². The molecule has 224 valence electrons. The van der Waals surface area contributed by atoms with Crippen LogP contribution in [0.25, 0.3) is 0 Å². The summed E-state index contributed by atoms with van der Waals surface area (Å²) in [6, 6.07) is 8.64. The van der Waals surface area contributed by atoms with E-state index >= 15 is 0 Å². The van der Waals surface area contributed by atoms with Crippen molar-refractivity contribution in [2.75, 3.05) is 13.2 Å². The monoisotopic (exact) mass is 601 g/mol. The van der Waals surface area contributed by atoms with E-state index in [4.69, 9.17) is 16.3 Å². The molecule has 2 aromatic rings. The number of nitrogens with one attached hydrogen (secondary N) is 1. The average Bonchev–Trinajstić information content (AvgIpc) is 3.50. The number of amides is 1. The van der Waals surface area contributed by atoms with Gasteiger partial charge in [0, 0.05) is 24.9 Å². The van der Waals surface area contributed by atoms with Gasteiger partial charge in [-0.15, -0.1) is 0 Å². The lowest BCUT2D eigenvalue weighted by Gasteiger charge is -2.26. The van der Waals surface area contributed by atoms with Gasteiger partial charge in [0.05, 0.1) is 10.6 Å². The lowest BCUT2D eigenvalue weighted by Crippen LogP contribution is -2.39. The molecule has 2 aromatic carbocycles. The number of ether oxygens (including phenoxy) is 1. The molecule has 1 amide bonds. The molecule has 0 bridgehead atoms. The van der Waals surface area contributed by atoms with Crippen LogP contribution in [0, 0.1) is 16.7 Å². The minimum atomic E-state index is -4.69. The maximum Gasteiger partial charge on any atom is 0.400 e. The molecular formula is C30H33ClF5NO4. The minimum absolute atomic E-state index is 0.0139. The Morgan fingerprint density at radius 1 is 1.05 bits per heavy atom. The van der Waals surface area contributed by atoms with Gasteiger partial charge in [0.1, 0.15) is 23.6 Å². The molecule has 1 aliphatic rings. The Balaban J connectivity index is 1.75. The number of Topliss-reactive ketones (excluding diaryl/α,β-unsaturated/α-hetero) is 2. The average molecular weight is 602 g/mol. The summed E-state index contributed by atoms with van der Waals surface area (Å²) in [4.78, 5) is 38.3. The van der Waals surface area contributed by atoms with Gasteiger partial charge in [-0.2, -0.15) is 13.2 Å². The summed E-state index contributed by atoms with van der Waals surface area (Å²) in [7, 11) is 0. The molecule has 0 aliphatic heterocycles. The number of alkyl halides is 5. The number of aryl methyl sites for hydroxylation is 1. The first-order valence-corrected chi connectivity index (χ1v) is 13.5. The van der Waals surface area contributed by atoms with Gasteiger partial charge < -0.3 is 10.1 Å². The first kappa shape index (κ1) is 32.5. The van der Waals surface area contributed by atoms with Crippen molar-refractivity contribution < 1.29 is 41.1 Å². The van der Waals surface area contributed by atoms with Gasteiger partial charge in [-0.25, -0.2) is 8.78 Å². The van der Waals surface area contributed by atoms with E-state index < -0.39 is 42.1 Å². The number of halogens is 6. The first-order chi connectivity index (χ1) is 18.9. The number of carbonyl (C=O) groups is 3. The second kappa shape index (κ2) is 12.5. The third kappa shape index (κ3) is 8.27.